The average molecular weight is 269 g/mol. The standard InChI is InChI=1S/C17H19NS/c19-13-16(14-6-2-1-3-7-14)12-18-11-10-15-8-4-5-9-17(15)18/h1-9,16,19H,10-13H2. The maximum absolute atomic E-state index is 4.54. The van der Waals surface area contributed by atoms with Crippen molar-refractivity contribution < 1.29 is 0 Å². The highest BCUT2D eigenvalue weighted by atomic mass is 32.1. The van der Waals surface area contributed by atoms with Crippen LogP contribution in [-0.4, -0.2) is 18.8 Å². The van der Waals surface area contributed by atoms with Gasteiger partial charge in [-0.25, -0.2) is 0 Å². The molecule has 98 valence electrons. The molecule has 0 fully saturated rings. The SMILES string of the molecule is SCC(CN1CCc2ccccc21)c1ccccc1. The number of hydrogen-bond acceptors (Lipinski definition) is 2. The molecule has 0 spiro atoms. The quantitative estimate of drug-likeness (QED) is 0.827. The van der Waals surface area contributed by atoms with Gasteiger partial charge in [-0.2, -0.15) is 12.6 Å². The highest BCUT2D eigenvalue weighted by Gasteiger charge is 2.21. The zero-order valence-corrected chi connectivity index (χ0v) is 11.9. The number of para-hydroxylation sites is 1. The van der Waals surface area contributed by atoms with Gasteiger partial charge in [-0.15, -0.1) is 0 Å². The molecule has 1 aliphatic heterocycles. The molecule has 2 aromatic carbocycles. The lowest BCUT2D eigenvalue weighted by Crippen LogP contribution is -2.27. The fraction of sp³-hybridized carbons (Fsp3) is 0.294. The first-order valence-corrected chi connectivity index (χ1v) is 7.50. The number of fused-ring (bicyclic) bond motifs is 1. The van der Waals surface area contributed by atoms with E-state index in [4.69, 9.17) is 0 Å². The second-order valence-electron chi connectivity index (χ2n) is 5.11. The molecule has 0 saturated heterocycles. The lowest BCUT2D eigenvalue weighted by molar-refractivity contribution is 0.715. The van der Waals surface area contributed by atoms with E-state index in [0.29, 0.717) is 5.92 Å². The fourth-order valence-corrected chi connectivity index (χ4v) is 3.18. The summed E-state index contributed by atoms with van der Waals surface area (Å²) in [4.78, 5) is 2.50. The number of thiol groups is 1. The molecular formula is C17H19NS. The minimum absolute atomic E-state index is 0.496. The number of benzene rings is 2. The van der Waals surface area contributed by atoms with Crippen molar-refractivity contribution in [3.05, 3.63) is 65.7 Å². The summed E-state index contributed by atoms with van der Waals surface area (Å²) in [6, 6.07) is 19.5. The molecule has 0 saturated carbocycles. The van der Waals surface area contributed by atoms with Gasteiger partial charge in [0.15, 0.2) is 0 Å². The van der Waals surface area contributed by atoms with Crippen LogP contribution >= 0.6 is 12.6 Å². The van der Waals surface area contributed by atoms with E-state index in [0.717, 1.165) is 18.8 Å². The van der Waals surface area contributed by atoms with Gasteiger partial charge in [-0.3, -0.25) is 0 Å². The molecule has 0 amide bonds. The minimum Gasteiger partial charge on any atom is -0.370 e. The molecule has 0 N–H and O–H groups in total. The Morgan fingerprint density at radius 1 is 1.00 bits per heavy atom. The van der Waals surface area contributed by atoms with Crippen LogP contribution in [0.3, 0.4) is 0 Å². The molecule has 0 aliphatic carbocycles. The molecule has 0 radical (unpaired) electrons. The van der Waals surface area contributed by atoms with E-state index >= 15 is 0 Å². The highest BCUT2D eigenvalue weighted by molar-refractivity contribution is 7.80. The number of hydrogen-bond donors (Lipinski definition) is 1. The van der Waals surface area contributed by atoms with Crippen molar-refractivity contribution in [2.75, 3.05) is 23.7 Å². The number of nitrogens with zero attached hydrogens (tertiary/aromatic N) is 1. The second kappa shape index (κ2) is 5.70. The zero-order valence-electron chi connectivity index (χ0n) is 11.0. The van der Waals surface area contributed by atoms with Crippen molar-refractivity contribution in [1.82, 2.24) is 0 Å². The summed E-state index contributed by atoms with van der Waals surface area (Å²) in [6.07, 6.45) is 1.17. The average Bonchev–Trinajstić information content (AvgIpc) is 2.89. The molecular weight excluding hydrogens is 250 g/mol. The Labute approximate surface area is 120 Å². The Hall–Kier alpha value is -1.41. The van der Waals surface area contributed by atoms with Crippen molar-refractivity contribution >= 4 is 18.3 Å². The van der Waals surface area contributed by atoms with Gasteiger partial charge in [-0.1, -0.05) is 48.5 Å². The maximum Gasteiger partial charge on any atom is 0.0399 e. The summed E-state index contributed by atoms with van der Waals surface area (Å²) < 4.78 is 0. The third kappa shape index (κ3) is 2.64. The largest absolute Gasteiger partial charge is 0.370 e. The van der Waals surface area contributed by atoms with E-state index < -0.39 is 0 Å². The maximum atomic E-state index is 4.54. The molecule has 0 aromatic heterocycles. The van der Waals surface area contributed by atoms with Crippen molar-refractivity contribution in [2.24, 2.45) is 0 Å². The van der Waals surface area contributed by atoms with Crippen LogP contribution in [0.5, 0.6) is 0 Å². The van der Waals surface area contributed by atoms with Crippen molar-refractivity contribution in [3.8, 4) is 0 Å². The van der Waals surface area contributed by atoms with Crippen LogP contribution in [0.1, 0.15) is 17.0 Å². The molecule has 1 unspecified atom stereocenters. The monoisotopic (exact) mass is 269 g/mol. The summed E-state index contributed by atoms with van der Waals surface area (Å²) in [5.41, 5.74) is 4.28. The zero-order chi connectivity index (χ0) is 13.1. The Morgan fingerprint density at radius 2 is 1.74 bits per heavy atom. The first kappa shape index (κ1) is 12.6. The predicted octanol–water partition coefficient (Wildman–Crippen LogP) is 3.76. The lowest BCUT2D eigenvalue weighted by Gasteiger charge is -2.25. The van der Waals surface area contributed by atoms with Crippen LogP contribution in [0, 0.1) is 0 Å². The molecule has 2 aromatic rings. The van der Waals surface area contributed by atoms with Crippen LogP contribution < -0.4 is 4.90 Å². The van der Waals surface area contributed by atoms with E-state index in [2.05, 4.69) is 72.1 Å². The van der Waals surface area contributed by atoms with Gasteiger partial charge in [0.1, 0.15) is 0 Å². The van der Waals surface area contributed by atoms with Gasteiger partial charge in [0.05, 0.1) is 0 Å². The predicted molar refractivity (Wildman–Crippen MR) is 85.4 cm³/mol. The van der Waals surface area contributed by atoms with Crippen LogP contribution in [0.2, 0.25) is 0 Å². The highest BCUT2D eigenvalue weighted by Crippen LogP contribution is 2.30. The summed E-state index contributed by atoms with van der Waals surface area (Å²) in [6.45, 7) is 2.20. The van der Waals surface area contributed by atoms with Gasteiger partial charge in [-0.05, 0) is 29.4 Å². The molecule has 0 bridgehead atoms. The summed E-state index contributed by atoms with van der Waals surface area (Å²) in [5.74, 6) is 1.39. The van der Waals surface area contributed by atoms with Crippen molar-refractivity contribution in [2.45, 2.75) is 12.3 Å². The fourth-order valence-electron chi connectivity index (χ4n) is 2.86. The number of rotatable bonds is 4. The normalized spacial score (nSPS) is 15.3. The topological polar surface area (TPSA) is 3.24 Å². The Bertz CT molecular complexity index is 538. The van der Waals surface area contributed by atoms with Gasteiger partial charge in [0.2, 0.25) is 0 Å². The van der Waals surface area contributed by atoms with E-state index in [1.165, 1.54) is 23.2 Å². The molecule has 1 heterocycles. The molecule has 19 heavy (non-hydrogen) atoms. The molecule has 1 nitrogen and oxygen atoms in total. The third-order valence-corrected chi connectivity index (χ3v) is 4.36. The third-order valence-electron chi connectivity index (χ3n) is 3.92. The molecule has 1 aliphatic rings. The first-order chi connectivity index (χ1) is 9.38. The van der Waals surface area contributed by atoms with E-state index in [-0.39, 0.29) is 0 Å². The van der Waals surface area contributed by atoms with Crippen LogP contribution in [-0.2, 0) is 6.42 Å². The minimum atomic E-state index is 0.496. The van der Waals surface area contributed by atoms with Gasteiger partial charge in [0, 0.05) is 24.7 Å². The van der Waals surface area contributed by atoms with E-state index in [1.54, 1.807) is 0 Å². The Kier molecular flexibility index (Phi) is 3.79. The second-order valence-corrected chi connectivity index (χ2v) is 5.48. The summed E-state index contributed by atoms with van der Waals surface area (Å²) in [7, 11) is 0. The van der Waals surface area contributed by atoms with E-state index in [9.17, 15) is 0 Å². The summed E-state index contributed by atoms with van der Waals surface area (Å²) >= 11 is 4.54. The van der Waals surface area contributed by atoms with Crippen molar-refractivity contribution in [3.63, 3.8) is 0 Å². The lowest BCUT2D eigenvalue weighted by atomic mass is 10.0. The van der Waals surface area contributed by atoms with Crippen LogP contribution in [0.25, 0.3) is 0 Å². The summed E-state index contributed by atoms with van der Waals surface area (Å²) in [5, 5.41) is 0. The van der Waals surface area contributed by atoms with Crippen LogP contribution in [0.15, 0.2) is 54.6 Å². The van der Waals surface area contributed by atoms with Crippen LogP contribution in [0.4, 0.5) is 5.69 Å². The Balaban J connectivity index is 1.78. The molecule has 2 heteroatoms. The van der Waals surface area contributed by atoms with Gasteiger partial charge in [0.25, 0.3) is 0 Å². The molecule has 1 atom stereocenters. The van der Waals surface area contributed by atoms with Gasteiger partial charge >= 0.3 is 0 Å². The Morgan fingerprint density at radius 3 is 2.53 bits per heavy atom. The van der Waals surface area contributed by atoms with E-state index in [1.807, 2.05) is 0 Å². The first-order valence-electron chi connectivity index (χ1n) is 6.87. The smallest absolute Gasteiger partial charge is 0.0399 e. The number of anilines is 1. The van der Waals surface area contributed by atoms with Crippen molar-refractivity contribution in [1.29, 1.82) is 0 Å². The van der Waals surface area contributed by atoms with Gasteiger partial charge < -0.3 is 4.90 Å². The molecule has 3 rings (SSSR count).